The van der Waals surface area contributed by atoms with Crippen LogP contribution < -0.4 is 10.6 Å². The molecule has 6 nitrogen and oxygen atoms in total. The van der Waals surface area contributed by atoms with E-state index >= 15 is 0 Å². The number of nitrogens with zero attached hydrogens (tertiary/aromatic N) is 3. The molecule has 0 spiro atoms. The number of hydrogen-bond acceptors (Lipinski definition) is 3. The second-order valence-corrected chi connectivity index (χ2v) is 6.71. The topological polar surface area (TPSA) is 71.8 Å². The van der Waals surface area contributed by atoms with Crippen LogP contribution in [0, 0.1) is 11.8 Å². The van der Waals surface area contributed by atoms with Crippen LogP contribution in [-0.2, 0) is 6.54 Å². The molecule has 0 radical (unpaired) electrons. The van der Waals surface area contributed by atoms with Gasteiger partial charge in [0.05, 0.1) is 5.69 Å². The van der Waals surface area contributed by atoms with Gasteiger partial charge in [0.15, 0.2) is 0 Å². The quantitative estimate of drug-likeness (QED) is 0.907. The molecular formula is C18H25N5O. The fourth-order valence-electron chi connectivity index (χ4n) is 3.30. The van der Waals surface area contributed by atoms with E-state index < -0.39 is 0 Å². The maximum atomic E-state index is 12.1. The number of nitrogens with one attached hydrogen (secondary N) is 2. The van der Waals surface area contributed by atoms with E-state index in [1.807, 2.05) is 24.3 Å². The first kappa shape index (κ1) is 16.5. The summed E-state index contributed by atoms with van der Waals surface area (Å²) < 4.78 is 1.70. The Morgan fingerprint density at radius 1 is 1.25 bits per heavy atom. The fraction of sp³-hybridized carbons (Fsp3) is 0.500. The third-order valence-corrected chi connectivity index (χ3v) is 5.10. The van der Waals surface area contributed by atoms with Gasteiger partial charge in [-0.05, 0) is 36.0 Å². The minimum Gasteiger partial charge on any atom is -0.335 e. The highest BCUT2D eigenvalue weighted by Gasteiger charge is 2.27. The highest BCUT2D eigenvalue weighted by molar-refractivity contribution is 5.74. The van der Waals surface area contributed by atoms with Crippen molar-refractivity contribution < 1.29 is 4.79 Å². The summed E-state index contributed by atoms with van der Waals surface area (Å²) in [6.07, 6.45) is 6.70. The third kappa shape index (κ3) is 3.93. The first-order valence-corrected chi connectivity index (χ1v) is 8.62. The molecule has 1 aromatic heterocycles. The summed E-state index contributed by atoms with van der Waals surface area (Å²) in [5.41, 5.74) is 2.00. The van der Waals surface area contributed by atoms with Gasteiger partial charge in [-0.1, -0.05) is 38.8 Å². The van der Waals surface area contributed by atoms with E-state index in [2.05, 4.69) is 34.6 Å². The number of urea groups is 1. The largest absolute Gasteiger partial charge is 0.335 e. The number of benzene rings is 1. The van der Waals surface area contributed by atoms with Crippen molar-refractivity contribution in [3.05, 3.63) is 42.5 Å². The van der Waals surface area contributed by atoms with Gasteiger partial charge in [0.1, 0.15) is 12.7 Å². The Bertz CT molecular complexity index is 653. The van der Waals surface area contributed by atoms with Crippen molar-refractivity contribution in [1.82, 2.24) is 25.4 Å². The van der Waals surface area contributed by atoms with Crippen molar-refractivity contribution in [3.8, 4) is 5.69 Å². The van der Waals surface area contributed by atoms with E-state index in [1.54, 1.807) is 11.0 Å². The predicted octanol–water partition coefficient (Wildman–Crippen LogP) is 2.89. The van der Waals surface area contributed by atoms with Gasteiger partial charge in [-0.2, -0.15) is 5.10 Å². The smallest absolute Gasteiger partial charge is 0.315 e. The van der Waals surface area contributed by atoms with E-state index in [-0.39, 0.29) is 12.1 Å². The second-order valence-electron chi connectivity index (χ2n) is 6.71. The molecule has 1 fully saturated rings. The minimum atomic E-state index is -0.0821. The van der Waals surface area contributed by atoms with Gasteiger partial charge < -0.3 is 10.6 Å². The summed E-state index contributed by atoms with van der Waals surface area (Å²) in [5, 5.41) is 10.2. The molecule has 1 heterocycles. The Morgan fingerprint density at radius 3 is 2.75 bits per heavy atom. The summed E-state index contributed by atoms with van der Waals surface area (Å²) >= 11 is 0. The molecule has 1 aromatic carbocycles. The maximum absolute atomic E-state index is 12.1. The maximum Gasteiger partial charge on any atom is 0.315 e. The average Bonchev–Trinajstić information content (AvgIpc) is 3.12. The van der Waals surface area contributed by atoms with Gasteiger partial charge >= 0.3 is 6.03 Å². The molecule has 0 aliphatic heterocycles. The minimum absolute atomic E-state index is 0.0821. The van der Waals surface area contributed by atoms with Crippen LogP contribution in [0.1, 0.15) is 38.7 Å². The monoisotopic (exact) mass is 327 g/mol. The van der Waals surface area contributed by atoms with Crippen LogP contribution in [0.15, 0.2) is 36.9 Å². The summed E-state index contributed by atoms with van der Waals surface area (Å²) in [6.45, 7) is 5.02. The Morgan fingerprint density at radius 2 is 2.04 bits per heavy atom. The molecule has 3 rings (SSSR count). The molecule has 1 aliphatic carbocycles. The standard InChI is InChI=1S/C18H25N5O/c1-13-4-3-5-17(14(13)2)22-18(24)20-10-15-6-8-16(9-7-15)23-12-19-11-21-23/h6-9,11-14,17H,3-5,10H2,1-2H3,(H2,20,22,24)/t13-,14+,17-/m1/s1. The van der Waals surface area contributed by atoms with Gasteiger partial charge in [-0.15, -0.1) is 0 Å². The summed E-state index contributed by atoms with van der Waals surface area (Å²) in [7, 11) is 0. The number of amides is 2. The lowest BCUT2D eigenvalue weighted by atomic mass is 9.78. The zero-order chi connectivity index (χ0) is 16.9. The number of rotatable bonds is 4. The number of carbonyl (C=O) groups is 1. The first-order chi connectivity index (χ1) is 11.6. The van der Waals surface area contributed by atoms with E-state index in [0.717, 1.165) is 17.7 Å². The Labute approximate surface area is 142 Å². The molecule has 1 aliphatic rings. The summed E-state index contributed by atoms with van der Waals surface area (Å²) in [6, 6.07) is 8.11. The molecule has 6 heteroatoms. The van der Waals surface area contributed by atoms with Crippen LogP contribution in [0.25, 0.3) is 5.69 Å². The zero-order valence-electron chi connectivity index (χ0n) is 14.3. The van der Waals surface area contributed by atoms with Crippen LogP contribution in [0.4, 0.5) is 4.79 Å². The Kier molecular flexibility index (Phi) is 5.13. The summed E-state index contributed by atoms with van der Waals surface area (Å²) in [5.74, 6) is 1.21. The van der Waals surface area contributed by atoms with Gasteiger partial charge in [0, 0.05) is 12.6 Å². The molecule has 1 saturated carbocycles. The normalized spacial score (nSPS) is 23.7. The molecule has 0 unspecified atom stereocenters. The number of carbonyl (C=O) groups excluding carboxylic acids is 1. The van der Waals surface area contributed by atoms with Crippen LogP contribution in [-0.4, -0.2) is 26.8 Å². The van der Waals surface area contributed by atoms with Gasteiger partial charge in [-0.3, -0.25) is 0 Å². The first-order valence-electron chi connectivity index (χ1n) is 8.62. The second kappa shape index (κ2) is 7.47. The lowest BCUT2D eigenvalue weighted by Gasteiger charge is -2.34. The van der Waals surface area contributed by atoms with Crippen LogP contribution >= 0.6 is 0 Å². The highest BCUT2D eigenvalue weighted by atomic mass is 16.2. The SMILES string of the molecule is C[C@H]1[C@H](C)CCC[C@H]1NC(=O)NCc1ccc(-n2cncn2)cc1. The summed E-state index contributed by atoms with van der Waals surface area (Å²) in [4.78, 5) is 16.1. The number of aromatic nitrogens is 3. The molecule has 0 bridgehead atoms. The molecule has 2 amide bonds. The van der Waals surface area contributed by atoms with Crippen molar-refractivity contribution in [2.24, 2.45) is 11.8 Å². The van der Waals surface area contributed by atoms with Crippen molar-refractivity contribution in [2.45, 2.75) is 45.7 Å². The highest BCUT2D eigenvalue weighted by Crippen LogP contribution is 2.29. The third-order valence-electron chi connectivity index (χ3n) is 5.10. The van der Waals surface area contributed by atoms with Crippen molar-refractivity contribution in [1.29, 1.82) is 0 Å². The average molecular weight is 327 g/mol. The molecule has 0 saturated heterocycles. The lowest BCUT2D eigenvalue weighted by Crippen LogP contribution is -2.47. The van der Waals surface area contributed by atoms with Crippen LogP contribution in [0.5, 0.6) is 0 Å². The van der Waals surface area contributed by atoms with Gasteiger partial charge in [0.2, 0.25) is 0 Å². The molecule has 24 heavy (non-hydrogen) atoms. The van der Waals surface area contributed by atoms with E-state index in [0.29, 0.717) is 18.4 Å². The van der Waals surface area contributed by atoms with Crippen LogP contribution in [0.2, 0.25) is 0 Å². The molecule has 2 N–H and O–H groups in total. The fourth-order valence-corrected chi connectivity index (χ4v) is 3.30. The Hall–Kier alpha value is -2.37. The molecular weight excluding hydrogens is 302 g/mol. The van der Waals surface area contributed by atoms with Gasteiger partial charge in [0.25, 0.3) is 0 Å². The van der Waals surface area contributed by atoms with E-state index in [4.69, 9.17) is 0 Å². The van der Waals surface area contributed by atoms with Crippen molar-refractivity contribution in [2.75, 3.05) is 0 Å². The number of hydrogen-bond donors (Lipinski definition) is 2. The molecule has 3 atom stereocenters. The van der Waals surface area contributed by atoms with Gasteiger partial charge in [-0.25, -0.2) is 14.5 Å². The van der Waals surface area contributed by atoms with Crippen LogP contribution in [0.3, 0.4) is 0 Å². The Balaban J connectivity index is 1.49. The lowest BCUT2D eigenvalue weighted by molar-refractivity contribution is 0.195. The molecule has 128 valence electrons. The van der Waals surface area contributed by atoms with E-state index in [9.17, 15) is 4.79 Å². The van der Waals surface area contributed by atoms with Crippen molar-refractivity contribution >= 4 is 6.03 Å². The van der Waals surface area contributed by atoms with E-state index in [1.165, 1.54) is 19.2 Å². The predicted molar refractivity (Wildman–Crippen MR) is 92.7 cm³/mol. The molecule has 2 aromatic rings. The zero-order valence-corrected chi connectivity index (χ0v) is 14.3. The van der Waals surface area contributed by atoms with Crippen molar-refractivity contribution in [3.63, 3.8) is 0 Å².